The van der Waals surface area contributed by atoms with Gasteiger partial charge in [-0.2, -0.15) is 0 Å². The summed E-state index contributed by atoms with van der Waals surface area (Å²) >= 11 is 0. The molecule has 0 spiro atoms. The molecule has 0 bridgehead atoms. The fourth-order valence-electron chi connectivity index (χ4n) is 3.76. The van der Waals surface area contributed by atoms with Gasteiger partial charge in [-0.1, -0.05) is 12.8 Å². The first-order valence-electron chi connectivity index (χ1n) is 10.4. The Hall–Kier alpha value is -3.82. The second kappa shape index (κ2) is 9.54. The van der Waals surface area contributed by atoms with E-state index in [4.69, 9.17) is 14.2 Å². The van der Waals surface area contributed by atoms with Gasteiger partial charge in [-0.05, 0) is 37.1 Å². The molecule has 0 radical (unpaired) electrons. The second-order valence-corrected chi connectivity index (χ2v) is 7.55. The van der Waals surface area contributed by atoms with Crippen LogP contribution in [0.5, 0.6) is 11.5 Å². The molecule has 1 saturated heterocycles. The molecule has 0 atom stereocenters. The Morgan fingerprint density at radius 3 is 2.53 bits per heavy atom. The predicted octanol–water partition coefficient (Wildman–Crippen LogP) is 3.50. The van der Waals surface area contributed by atoms with Gasteiger partial charge >= 0.3 is 5.97 Å². The van der Waals surface area contributed by atoms with Crippen LogP contribution >= 0.6 is 0 Å². The van der Waals surface area contributed by atoms with E-state index in [9.17, 15) is 19.7 Å². The molecule has 4 rings (SSSR count). The number of ether oxygens (including phenoxy) is 3. The van der Waals surface area contributed by atoms with Crippen molar-refractivity contribution in [2.24, 2.45) is 0 Å². The van der Waals surface area contributed by atoms with Crippen LogP contribution in [-0.2, 0) is 9.53 Å². The molecule has 1 N–H and O–H groups in total. The lowest BCUT2D eigenvalue weighted by atomic mass is 10.1. The number of hydrogen-bond donors (Lipinski definition) is 1. The summed E-state index contributed by atoms with van der Waals surface area (Å²) in [5.74, 6) is -0.263. The fraction of sp³-hybridized carbons (Fsp3) is 0.364. The fourth-order valence-corrected chi connectivity index (χ4v) is 3.76. The lowest BCUT2D eigenvalue weighted by Gasteiger charge is -2.22. The Morgan fingerprint density at radius 2 is 1.78 bits per heavy atom. The molecule has 0 saturated carbocycles. The van der Waals surface area contributed by atoms with Gasteiger partial charge < -0.3 is 24.4 Å². The molecule has 10 nitrogen and oxygen atoms in total. The van der Waals surface area contributed by atoms with E-state index in [1.165, 1.54) is 12.1 Å². The number of amides is 1. The van der Waals surface area contributed by atoms with Crippen molar-refractivity contribution in [3.05, 3.63) is 52.1 Å². The van der Waals surface area contributed by atoms with Crippen molar-refractivity contribution < 1.29 is 28.7 Å². The van der Waals surface area contributed by atoms with E-state index in [1.807, 2.05) is 4.90 Å². The maximum atomic E-state index is 12.4. The third-order valence-corrected chi connectivity index (χ3v) is 5.35. The molecule has 2 aromatic carbocycles. The second-order valence-electron chi connectivity index (χ2n) is 7.55. The number of nitro benzene ring substituents is 1. The monoisotopic (exact) mass is 441 g/mol. The van der Waals surface area contributed by atoms with Crippen LogP contribution in [0.15, 0.2) is 36.4 Å². The van der Waals surface area contributed by atoms with Crippen molar-refractivity contribution in [3.8, 4) is 11.5 Å². The highest BCUT2D eigenvalue weighted by Gasteiger charge is 2.23. The zero-order valence-electron chi connectivity index (χ0n) is 17.4. The van der Waals surface area contributed by atoms with E-state index >= 15 is 0 Å². The van der Waals surface area contributed by atoms with E-state index in [0.29, 0.717) is 22.9 Å². The topological polar surface area (TPSA) is 120 Å². The maximum Gasteiger partial charge on any atom is 0.338 e. The number of rotatable bonds is 6. The van der Waals surface area contributed by atoms with Gasteiger partial charge in [-0.3, -0.25) is 14.9 Å². The number of anilines is 2. The van der Waals surface area contributed by atoms with E-state index in [-0.39, 0.29) is 18.0 Å². The first-order valence-corrected chi connectivity index (χ1v) is 10.4. The Morgan fingerprint density at radius 1 is 1.03 bits per heavy atom. The summed E-state index contributed by atoms with van der Waals surface area (Å²) in [5.41, 5.74) is 0.832. The number of nitrogens with zero attached hydrogens (tertiary/aromatic N) is 2. The molecule has 10 heteroatoms. The maximum absolute atomic E-state index is 12.4. The Kier molecular flexibility index (Phi) is 6.39. The largest absolute Gasteiger partial charge is 0.454 e. The average molecular weight is 441 g/mol. The smallest absolute Gasteiger partial charge is 0.338 e. The number of carbonyl (C=O) groups excluding carboxylic acids is 2. The van der Waals surface area contributed by atoms with E-state index in [1.54, 1.807) is 24.3 Å². The summed E-state index contributed by atoms with van der Waals surface area (Å²) in [7, 11) is 0. The zero-order chi connectivity index (χ0) is 22.5. The van der Waals surface area contributed by atoms with Gasteiger partial charge in [0.2, 0.25) is 6.79 Å². The number of nitrogens with one attached hydrogen (secondary N) is 1. The molecule has 1 amide bonds. The number of benzene rings is 2. The quantitative estimate of drug-likeness (QED) is 0.411. The van der Waals surface area contributed by atoms with Crippen LogP contribution in [0.25, 0.3) is 0 Å². The van der Waals surface area contributed by atoms with Crippen LogP contribution in [0.4, 0.5) is 17.1 Å². The summed E-state index contributed by atoms with van der Waals surface area (Å²) in [5, 5.41) is 14.2. The summed E-state index contributed by atoms with van der Waals surface area (Å²) in [6.45, 7) is 1.07. The van der Waals surface area contributed by atoms with E-state index in [0.717, 1.165) is 38.8 Å². The number of esters is 1. The third kappa shape index (κ3) is 4.90. The lowest BCUT2D eigenvalue weighted by Crippen LogP contribution is -2.25. The minimum atomic E-state index is -0.809. The molecule has 2 heterocycles. The predicted molar refractivity (Wildman–Crippen MR) is 115 cm³/mol. The minimum Gasteiger partial charge on any atom is -0.454 e. The number of hydrogen-bond acceptors (Lipinski definition) is 8. The van der Waals surface area contributed by atoms with Crippen LogP contribution in [0, 0.1) is 10.1 Å². The molecule has 2 aromatic rings. The standard InChI is InChI=1S/C22H23N3O7/c26-21(23-16-6-8-19-20(12-16)32-14-31-19)13-30-22(27)15-5-7-17(18(11-15)25(28)29)24-9-3-1-2-4-10-24/h5-8,11-12H,1-4,9-10,13-14H2,(H,23,26). The summed E-state index contributed by atoms with van der Waals surface area (Å²) in [6, 6.07) is 9.18. The lowest BCUT2D eigenvalue weighted by molar-refractivity contribution is -0.384. The van der Waals surface area contributed by atoms with E-state index in [2.05, 4.69) is 5.32 Å². The highest BCUT2D eigenvalue weighted by Crippen LogP contribution is 2.34. The van der Waals surface area contributed by atoms with Gasteiger partial charge in [0.25, 0.3) is 11.6 Å². The third-order valence-electron chi connectivity index (χ3n) is 5.35. The molecule has 168 valence electrons. The van der Waals surface area contributed by atoms with Crippen LogP contribution in [-0.4, -0.2) is 43.3 Å². The summed E-state index contributed by atoms with van der Waals surface area (Å²) < 4.78 is 15.5. The molecule has 0 aliphatic carbocycles. The summed E-state index contributed by atoms with van der Waals surface area (Å²) in [6.07, 6.45) is 4.14. The normalized spacial score (nSPS) is 15.1. The molecule has 1 fully saturated rings. The molecular formula is C22H23N3O7. The van der Waals surface area contributed by atoms with Gasteiger partial charge in [0.05, 0.1) is 10.5 Å². The number of fused-ring (bicyclic) bond motifs is 1. The van der Waals surface area contributed by atoms with Gasteiger partial charge in [0.15, 0.2) is 18.1 Å². The van der Waals surface area contributed by atoms with Gasteiger partial charge in [-0.25, -0.2) is 4.79 Å². The Bertz CT molecular complexity index is 1030. The molecule has 0 aromatic heterocycles. The molecule has 2 aliphatic heterocycles. The Balaban J connectivity index is 1.38. The molecular weight excluding hydrogens is 418 g/mol. The van der Waals surface area contributed by atoms with Crippen molar-refractivity contribution >= 4 is 28.9 Å². The molecule has 2 aliphatic rings. The van der Waals surface area contributed by atoms with Crippen molar-refractivity contribution in [1.82, 2.24) is 0 Å². The molecule has 0 unspecified atom stereocenters. The summed E-state index contributed by atoms with van der Waals surface area (Å²) in [4.78, 5) is 37.6. The van der Waals surface area contributed by atoms with Crippen molar-refractivity contribution in [2.75, 3.05) is 36.7 Å². The first kappa shape index (κ1) is 21.4. The van der Waals surface area contributed by atoms with Gasteiger partial charge in [0, 0.05) is 30.9 Å². The molecule has 32 heavy (non-hydrogen) atoms. The van der Waals surface area contributed by atoms with E-state index < -0.39 is 23.4 Å². The first-order chi connectivity index (χ1) is 15.5. The van der Waals surface area contributed by atoms with Gasteiger partial charge in [0.1, 0.15) is 5.69 Å². The SMILES string of the molecule is O=C(COC(=O)c1ccc(N2CCCCCC2)c([N+](=O)[O-])c1)Nc1ccc2c(c1)OCO2. The highest BCUT2D eigenvalue weighted by atomic mass is 16.7. The highest BCUT2D eigenvalue weighted by molar-refractivity contribution is 5.96. The van der Waals surface area contributed by atoms with Crippen LogP contribution in [0.2, 0.25) is 0 Å². The van der Waals surface area contributed by atoms with Crippen LogP contribution in [0.1, 0.15) is 36.0 Å². The van der Waals surface area contributed by atoms with Gasteiger partial charge in [-0.15, -0.1) is 0 Å². The number of carbonyl (C=O) groups is 2. The number of nitro groups is 1. The van der Waals surface area contributed by atoms with Crippen molar-refractivity contribution in [3.63, 3.8) is 0 Å². The Labute approximate surface area is 184 Å². The minimum absolute atomic E-state index is 0.0196. The zero-order valence-corrected chi connectivity index (χ0v) is 17.4. The van der Waals surface area contributed by atoms with Crippen LogP contribution in [0.3, 0.4) is 0 Å². The average Bonchev–Trinajstić information content (AvgIpc) is 3.08. The van der Waals surface area contributed by atoms with Crippen molar-refractivity contribution in [1.29, 1.82) is 0 Å². The van der Waals surface area contributed by atoms with Crippen molar-refractivity contribution in [2.45, 2.75) is 25.7 Å². The van der Waals surface area contributed by atoms with Crippen LogP contribution < -0.4 is 19.7 Å².